The summed E-state index contributed by atoms with van der Waals surface area (Å²) in [6, 6.07) is 6.50. The Kier molecular flexibility index (Phi) is 2.43. The molecule has 15 heavy (non-hydrogen) atoms. The van der Waals surface area contributed by atoms with Crippen molar-refractivity contribution in [3.05, 3.63) is 47.2 Å². The number of carboxylic acids is 1. The molecule has 1 aromatic heterocycles. The number of hydrogen-bond acceptors (Lipinski definition) is 2. The molecule has 4 nitrogen and oxygen atoms in total. The van der Waals surface area contributed by atoms with Crippen LogP contribution in [0.4, 0.5) is 0 Å². The highest BCUT2D eigenvalue weighted by Gasteiger charge is 2.09. The second kappa shape index (κ2) is 3.74. The molecule has 0 amide bonds. The summed E-state index contributed by atoms with van der Waals surface area (Å²) in [4.78, 5) is 10.8. The molecule has 0 aliphatic carbocycles. The molecule has 0 aliphatic heterocycles. The van der Waals surface area contributed by atoms with Crippen molar-refractivity contribution in [3.8, 4) is 5.69 Å². The van der Waals surface area contributed by atoms with Crippen LogP contribution >= 0.6 is 11.6 Å². The van der Waals surface area contributed by atoms with Crippen LogP contribution in [-0.2, 0) is 0 Å². The van der Waals surface area contributed by atoms with Crippen LogP contribution in [0.15, 0.2) is 36.7 Å². The van der Waals surface area contributed by atoms with Crippen molar-refractivity contribution in [1.82, 2.24) is 9.78 Å². The lowest BCUT2D eigenvalue weighted by Crippen LogP contribution is -2.01. The topological polar surface area (TPSA) is 55.1 Å². The zero-order valence-corrected chi connectivity index (χ0v) is 8.35. The lowest BCUT2D eigenvalue weighted by Gasteiger charge is -2.04. The summed E-state index contributed by atoms with van der Waals surface area (Å²) >= 11 is 5.74. The van der Waals surface area contributed by atoms with Crippen LogP contribution in [0.3, 0.4) is 0 Å². The van der Waals surface area contributed by atoms with E-state index in [1.54, 1.807) is 35.3 Å². The van der Waals surface area contributed by atoms with Gasteiger partial charge in [0, 0.05) is 12.4 Å². The van der Waals surface area contributed by atoms with Gasteiger partial charge in [-0.1, -0.05) is 11.6 Å². The van der Waals surface area contributed by atoms with Crippen LogP contribution in [0.25, 0.3) is 5.69 Å². The van der Waals surface area contributed by atoms with E-state index in [9.17, 15) is 4.79 Å². The summed E-state index contributed by atoms with van der Waals surface area (Å²) in [6.07, 6.45) is 3.35. The van der Waals surface area contributed by atoms with Crippen molar-refractivity contribution < 1.29 is 9.90 Å². The first-order valence-corrected chi connectivity index (χ1v) is 4.59. The van der Waals surface area contributed by atoms with Gasteiger partial charge in [0.2, 0.25) is 0 Å². The minimum absolute atomic E-state index is 0.0738. The standard InChI is InChI=1S/C10H7ClN2O2/c11-9-3-2-7(6-8(9)10(14)15)13-5-1-4-12-13/h1-6H,(H,14,15). The highest BCUT2D eigenvalue weighted by Crippen LogP contribution is 2.19. The fourth-order valence-corrected chi connectivity index (χ4v) is 1.44. The monoisotopic (exact) mass is 222 g/mol. The number of nitrogens with zero attached hydrogens (tertiary/aromatic N) is 2. The Bertz CT molecular complexity index is 494. The highest BCUT2D eigenvalue weighted by molar-refractivity contribution is 6.33. The molecule has 1 aromatic carbocycles. The SMILES string of the molecule is O=C(O)c1cc(-n2cccn2)ccc1Cl. The van der Waals surface area contributed by atoms with Crippen molar-refractivity contribution in [2.45, 2.75) is 0 Å². The van der Waals surface area contributed by atoms with Crippen LogP contribution in [0.2, 0.25) is 5.02 Å². The molecule has 2 rings (SSSR count). The average molecular weight is 223 g/mol. The minimum Gasteiger partial charge on any atom is -0.478 e. The van der Waals surface area contributed by atoms with E-state index < -0.39 is 5.97 Å². The maximum Gasteiger partial charge on any atom is 0.337 e. The van der Waals surface area contributed by atoms with E-state index >= 15 is 0 Å². The number of carbonyl (C=O) groups is 1. The van der Waals surface area contributed by atoms with Gasteiger partial charge in [-0.25, -0.2) is 9.48 Å². The summed E-state index contributed by atoms with van der Waals surface area (Å²) < 4.78 is 1.57. The van der Waals surface area contributed by atoms with E-state index in [-0.39, 0.29) is 10.6 Å². The van der Waals surface area contributed by atoms with Crippen molar-refractivity contribution in [1.29, 1.82) is 0 Å². The number of carboxylic acid groups (broad SMARTS) is 1. The molecule has 0 atom stereocenters. The predicted octanol–water partition coefficient (Wildman–Crippen LogP) is 2.22. The average Bonchev–Trinajstić information content (AvgIpc) is 2.71. The Morgan fingerprint density at radius 3 is 2.87 bits per heavy atom. The predicted molar refractivity (Wildman–Crippen MR) is 55.5 cm³/mol. The summed E-state index contributed by atoms with van der Waals surface area (Å²) in [5.41, 5.74) is 0.742. The van der Waals surface area contributed by atoms with E-state index in [0.29, 0.717) is 5.69 Å². The lowest BCUT2D eigenvalue weighted by molar-refractivity contribution is 0.0697. The Labute approximate surface area is 90.7 Å². The Balaban J connectivity index is 2.52. The second-order valence-corrected chi connectivity index (χ2v) is 3.33. The van der Waals surface area contributed by atoms with E-state index in [1.165, 1.54) is 6.07 Å². The Morgan fingerprint density at radius 2 is 2.27 bits per heavy atom. The fourth-order valence-electron chi connectivity index (χ4n) is 1.24. The van der Waals surface area contributed by atoms with Gasteiger partial charge < -0.3 is 5.11 Å². The molecule has 1 heterocycles. The number of hydrogen-bond donors (Lipinski definition) is 1. The molecule has 0 radical (unpaired) electrons. The van der Waals surface area contributed by atoms with Gasteiger partial charge >= 0.3 is 5.97 Å². The molecule has 0 saturated heterocycles. The number of rotatable bonds is 2. The van der Waals surface area contributed by atoms with Crippen molar-refractivity contribution in [3.63, 3.8) is 0 Å². The molecule has 76 valence electrons. The minimum atomic E-state index is -1.05. The smallest absolute Gasteiger partial charge is 0.337 e. The van der Waals surface area contributed by atoms with Gasteiger partial charge in [-0.2, -0.15) is 5.10 Å². The van der Waals surface area contributed by atoms with Crippen molar-refractivity contribution >= 4 is 17.6 Å². The maximum atomic E-state index is 10.8. The van der Waals surface area contributed by atoms with Gasteiger partial charge in [-0.05, 0) is 24.3 Å². The van der Waals surface area contributed by atoms with Gasteiger partial charge in [0.25, 0.3) is 0 Å². The van der Waals surface area contributed by atoms with E-state index in [1.807, 2.05) is 0 Å². The molecule has 1 N–H and O–H groups in total. The quantitative estimate of drug-likeness (QED) is 0.848. The third-order valence-electron chi connectivity index (χ3n) is 1.95. The van der Waals surface area contributed by atoms with Crippen molar-refractivity contribution in [2.75, 3.05) is 0 Å². The zero-order valence-electron chi connectivity index (χ0n) is 7.59. The third kappa shape index (κ3) is 1.85. The normalized spacial score (nSPS) is 10.2. The largest absolute Gasteiger partial charge is 0.478 e. The van der Waals surface area contributed by atoms with E-state index in [2.05, 4.69) is 5.10 Å². The molecule has 5 heteroatoms. The first-order chi connectivity index (χ1) is 7.18. The molecule has 0 aliphatic rings. The highest BCUT2D eigenvalue weighted by atomic mass is 35.5. The number of benzene rings is 1. The van der Waals surface area contributed by atoms with E-state index in [0.717, 1.165) is 0 Å². The maximum absolute atomic E-state index is 10.8. The molecule has 0 saturated carbocycles. The van der Waals surface area contributed by atoms with Gasteiger partial charge in [0.15, 0.2) is 0 Å². The van der Waals surface area contributed by atoms with Crippen molar-refractivity contribution in [2.24, 2.45) is 0 Å². The Hall–Kier alpha value is -1.81. The number of halogens is 1. The summed E-state index contributed by atoms with van der Waals surface area (Å²) in [6.45, 7) is 0. The number of aromatic nitrogens is 2. The van der Waals surface area contributed by atoms with Gasteiger partial charge in [0.05, 0.1) is 16.3 Å². The van der Waals surface area contributed by atoms with Crippen LogP contribution in [0, 0.1) is 0 Å². The van der Waals surface area contributed by atoms with Crippen LogP contribution in [0.5, 0.6) is 0 Å². The molecular formula is C10H7ClN2O2. The molecule has 2 aromatic rings. The summed E-state index contributed by atoms with van der Waals surface area (Å²) in [5, 5.41) is 13.1. The zero-order chi connectivity index (χ0) is 10.8. The molecular weight excluding hydrogens is 216 g/mol. The molecule has 0 fully saturated rings. The number of aromatic carboxylic acids is 1. The molecule has 0 unspecified atom stereocenters. The third-order valence-corrected chi connectivity index (χ3v) is 2.28. The van der Waals surface area contributed by atoms with Gasteiger partial charge in [-0.3, -0.25) is 0 Å². The Morgan fingerprint density at radius 1 is 1.47 bits per heavy atom. The molecule has 0 bridgehead atoms. The van der Waals surface area contributed by atoms with Crippen LogP contribution < -0.4 is 0 Å². The summed E-state index contributed by atoms with van der Waals surface area (Å²) in [7, 11) is 0. The summed E-state index contributed by atoms with van der Waals surface area (Å²) in [5.74, 6) is -1.05. The first kappa shape index (κ1) is 9.73. The van der Waals surface area contributed by atoms with Gasteiger partial charge in [-0.15, -0.1) is 0 Å². The van der Waals surface area contributed by atoms with Crippen LogP contribution in [-0.4, -0.2) is 20.9 Å². The van der Waals surface area contributed by atoms with Gasteiger partial charge in [0.1, 0.15) is 0 Å². The first-order valence-electron chi connectivity index (χ1n) is 4.21. The molecule has 0 spiro atoms. The van der Waals surface area contributed by atoms with Crippen LogP contribution in [0.1, 0.15) is 10.4 Å². The lowest BCUT2D eigenvalue weighted by atomic mass is 10.2. The second-order valence-electron chi connectivity index (χ2n) is 2.92. The van der Waals surface area contributed by atoms with E-state index in [4.69, 9.17) is 16.7 Å². The fraction of sp³-hybridized carbons (Fsp3) is 0.